The van der Waals surface area contributed by atoms with Crippen molar-refractivity contribution in [3.63, 3.8) is 0 Å². The highest BCUT2D eigenvalue weighted by atomic mass is 19.4. The van der Waals surface area contributed by atoms with E-state index < -0.39 is 12.6 Å². The number of halogens is 3. The quantitative estimate of drug-likeness (QED) is 0.686. The van der Waals surface area contributed by atoms with Crippen LogP contribution in [0.15, 0.2) is 24.5 Å². The molecule has 0 aliphatic carbocycles. The molecule has 19 heavy (non-hydrogen) atoms. The van der Waals surface area contributed by atoms with Crippen molar-refractivity contribution in [1.29, 1.82) is 0 Å². The number of rotatable bonds is 4. The zero-order valence-corrected chi connectivity index (χ0v) is 9.94. The highest BCUT2D eigenvalue weighted by Crippen LogP contribution is 2.24. The summed E-state index contributed by atoms with van der Waals surface area (Å²) in [6.07, 6.45) is -3.85. The first kappa shape index (κ1) is 13.4. The van der Waals surface area contributed by atoms with E-state index in [1.807, 2.05) is 0 Å². The molecular formula is C12H12F3N3O. The molecule has 0 aliphatic heterocycles. The van der Waals surface area contributed by atoms with Crippen molar-refractivity contribution < 1.29 is 17.9 Å². The Bertz CT molecular complexity index is 572. The number of hydrogen-bond acceptors (Lipinski definition) is 4. The number of anilines is 1. The van der Waals surface area contributed by atoms with Gasteiger partial charge in [0.25, 0.3) is 0 Å². The average Bonchev–Trinajstić information content (AvgIpc) is 2.33. The minimum Gasteiger partial charge on any atom is -0.477 e. The normalized spacial score (nSPS) is 11.7. The maximum Gasteiger partial charge on any atom is 0.389 e. The highest BCUT2D eigenvalue weighted by molar-refractivity contribution is 5.85. The zero-order chi connectivity index (χ0) is 13.9. The van der Waals surface area contributed by atoms with Crippen LogP contribution in [0.1, 0.15) is 12.8 Å². The summed E-state index contributed by atoms with van der Waals surface area (Å²) in [5, 5.41) is 0.628. The van der Waals surface area contributed by atoms with E-state index >= 15 is 0 Å². The van der Waals surface area contributed by atoms with Gasteiger partial charge in [0.2, 0.25) is 5.88 Å². The Morgan fingerprint density at radius 1 is 1.21 bits per heavy atom. The van der Waals surface area contributed by atoms with Crippen LogP contribution in [0.2, 0.25) is 0 Å². The Labute approximate surface area is 107 Å². The van der Waals surface area contributed by atoms with E-state index in [4.69, 9.17) is 10.5 Å². The number of fused-ring (bicyclic) bond motifs is 1. The minimum atomic E-state index is -4.16. The van der Waals surface area contributed by atoms with Gasteiger partial charge in [-0.2, -0.15) is 13.2 Å². The number of nitrogens with two attached hydrogens (primary N) is 1. The third-order valence-corrected chi connectivity index (χ3v) is 2.47. The van der Waals surface area contributed by atoms with Gasteiger partial charge in [-0.1, -0.05) is 0 Å². The van der Waals surface area contributed by atoms with Crippen molar-refractivity contribution in [3.05, 3.63) is 24.5 Å². The van der Waals surface area contributed by atoms with Crippen LogP contribution in [-0.2, 0) is 0 Å². The molecule has 1 aromatic heterocycles. The smallest absolute Gasteiger partial charge is 0.389 e. The number of nitrogens with zero attached hydrogens (tertiary/aromatic N) is 2. The number of benzene rings is 1. The summed E-state index contributed by atoms with van der Waals surface area (Å²) in [6.45, 7) is -0.0456. The van der Waals surface area contributed by atoms with Crippen molar-refractivity contribution in [2.75, 3.05) is 12.3 Å². The Morgan fingerprint density at radius 3 is 2.74 bits per heavy atom. The number of aromatic nitrogens is 2. The Hall–Kier alpha value is -2.05. The van der Waals surface area contributed by atoms with E-state index in [1.54, 1.807) is 18.2 Å². The minimum absolute atomic E-state index is 0.0456. The van der Waals surface area contributed by atoms with Gasteiger partial charge in [0.15, 0.2) is 0 Å². The second kappa shape index (κ2) is 5.29. The first-order valence-corrected chi connectivity index (χ1v) is 5.65. The van der Waals surface area contributed by atoms with Gasteiger partial charge < -0.3 is 10.5 Å². The molecule has 0 radical (unpaired) electrons. The topological polar surface area (TPSA) is 61.0 Å². The zero-order valence-electron chi connectivity index (χ0n) is 9.94. The van der Waals surface area contributed by atoms with Crippen LogP contribution in [0.25, 0.3) is 10.9 Å². The first-order chi connectivity index (χ1) is 8.96. The summed E-state index contributed by atoms with van der Waals surface area (Å²) in [7, 11) is 0. The summed E-state index contributed by atoms with van der Waals surface area (Å²) >= 11 is 0. The fourth-order valence-electron chi connectivity index (χ4n) is 1.61. The summed E-state index contributed by atoms with van der Waals surface area (Å²) in [5.41, 5.74) is 6.77. The van der Waals surface area contributed by atoms with E-state index in [0.717, 1.165) is 0 Å². The molecule has 0 aliphatic rings. The molecule has 0 unspecified atom stereocenters. The lowest BCUT2D eigenvalue weighted by Gasteiger charge is -2.09. The monoisotopic (exact) mass is 271 g/mol. The van der Waals surface area contributed by atoms with Crippen molar-refractivity contribution in [3.8, 4) is 5.88 Å². The van der Waals surface area contributed by atoms with Crippen molar-refractivity contribution in [2.24, 2.45) is 0 Å². The van der Waals surface area contributed by atoms with E-state index in [9.17, 15) is 13.2 Å². The van der Waals surface area contributed by atoms with Crippen molar-refractivity contribution in [2.45, 2.75) is 19.0 Å². The molecule has 0 spiro atoms. The lowest BCUT2D eigenvalue weighted by molar-refractivity contribution is -0.136. The predicted octanol–water partition coefficient (Wildman–Crippen LogP) is 2.93. The summed E-state index contributed by atoms with van der Waals surface area (Å²) < 4.78 is 41.2. The third-order valence-electron chi connectivity index (χ3n) is 2.47. The molecule has 0 saturated carbocycles. The Morgan fingerprint density at radius 2 is 2.00 bits per heavy atom. The molecule has 2 rings (SSSR count). The van der Waals surface area contributed by atoms with E-state index in [0.29, 0.717) is 16.6 Å². The molecule has 1 heterocycles. The van der Waals surface area contributed by atoms with Gasteiger partial charge >= 0.3 is 6.18 Å². The fourth-order valence-corrected chi connectivity index (χ4v) is 1.61. The molecule has 1 aromatic carbocycles. The average molecular weight is 271 g/mol. The van der Waals surface area contributed by atoms with Crippen molar-refractivity contribution in [1.82, 2.24) is 9.97 Å². The van der Waals surface area contributed by atoms with E-state index in [2.05, 4.69) is 9.97 Å². The molecule has 0 bridgehead atoms. The van der Waals surface area contributed by atoms with Gasteiger partial charge in [0, 0.05) is 12.1 Å². The fraction of sp³-hybridized carbons (Fsp3) is 0.333. The van der Waals surface area contributed by atoms with Crippen LogP contribution in [0.5, 0.6) is 5.88 Å². The van der Waals surface area contributed by atoms with Crippen LogP contribution < -0.4 is 10.5 Å². The lowest BCUT2D eigenvalue weighted by atomic mass is 10.2. The van der Waals surface area contributed by atoms with Crippen LogP contribution >= 0.6 is 0 Å². The van der Waals surface area contributed by atoms with Gasteiger partial charge in [-0.25, -0.2) is 9.97 Å². The number of alkyl halides is 3. The molecule has 0 saturated heterocycles. The van der Waals surface area contributed by atoms with Crippen LogP contribution in [0.3, 0.4) is 0 Å². The second-order valence-corrected chi connectivity index (χ2v) is 4.02. The van der Waals surface area contributed by atoms with Crippen molar-refractivity contribution >= 4 is 16.6 Å². The standard InChI is InChI=1S/C12H12F3N3O/c13-12(14,15)4-1-5-19-11-9-3-2-8(16)6-10(9)17-7-18-11/h2-3,6-7H,1,4-5,16H2. The Balaban J connectivity index is 2.05. The van der Waals surface area contributed by atoms with E-state index in [-0.39, 0.29) is 18.9 Å². The summed E-state index contributed by atoms with van der Waals surface area (Å²) in [6, 6.07) is 5.00. The summed E-state index contributed by atoms with van der Waals surface area (Å²) in [4.78, 5) is 7.93. The molecular weight excluding hydrogens is 259 g/mol. The maximum absolute atomic E-state index is 12.0. The molecule has 7 heteroatoms. The summed E-state index contributed by atoms with van der Waals surface area (Å²) in [5.74, 6) is 0.271. The highest BCUT2D eigenvalue weighted by Gasteiger charge is 2.26. The van der Waals surface area contributed by atoms with Crippen LogP contribution in [-0.4, -0.2) is 22.8 Å². The van der Waals surface area contributed by atoms with Gasteiger partial charge in [-0.05, 0) is 24.6 Å². The van der Waals surface area contributed by atoms with E-state index in [1.165, 1.54) is 6.33 Å². The SMILES string of the molecule is Nc1ccc2c(OCCCC(F)(F)F)ncnc2c1. The molecule has 102 valence electrons. The number of hydrogen-bond donors (Lipinski definition) is 1. The number of ether oxygens (including phenoxy) is 1. The largest absolute Gasteiger partial charge is 0.477 e. The first-order valence-electron chi connectivity index (χ1n) is 5.65. The second-order valence-electron chi connectivity index (χ2n) is 4.02. The third kappa shape index (κ3) is 3.70. The molecule has 2 aromatic rings. The Kier molecular flexibility index (Phi) is 3.73. The molecule has 0 atom stereocenters. The number of nitrogen functional groups attached to an aromatic ring is 1. The molecule has 0 fully saturated rings. The van der Waals surface area contributed by atoms with Gasteiger partial charge in [0.1, 0.15) is 6.33 Å². The molecule has 0 amide bonds. The lowest BCUT2D eigenvalue weighted by Crippen LogP contribution is -2.10. The van der Waals surface area contributed by atoms with Crippen LogP contribution in [0.4, 0.5) is 18.9 Å². The predicted molar refractivity (Wildman–Crippen MR) is 64.7 cm³/mol. The van der Waals surface area contributed by atoms with Gasteiger partial charge in [0.05, 0.1) is 17.5 Å². The molecule has 2 N–H and O–H groups in total. The van der Waals surface area contributed by atoms with Gasteiger partial charge in [-0.3, -0.25) is 0 Å². The maximum atomic E-state index is 12.0. The van der Waals surface area contributed by atoms with Crippen LogP contribution in [0, 0.1) is 0 Å². The molecule has 4 nitrogen and oxygen atoms in total. The van der Waals surface area contributed by atoms with Gasteiger partial charge in [-0.15, -0.1) is 0 Å².